The Kier molecular flexibility index (Phi) is 4.75. The number of anilines is 1. The number of allylic oxidation sites excluding steroid dienone is 1. The zero-order valence-electron chi connectivity index (χ0n) is 16.3. The first-order valence-corrected chi connectivity index (χ1v) is 9.43. The summed E-state index contributed by atoms with van der Waals surface area (Å²) in [6, 6.07) is 9.93. The van der Waals surface area contributed by atoms with Crippen LogP contribution in [0.3, 0.4) is 0 Å². The Hall–Kier alpha value is -3.68. The maximum absolute atomic E-state index is 12.9. The Morgan fingerprint density at radius 1 is 1.14 bits per heavy atom. The van der Waals surface area contributed by atoms with Gasteiger partial charge in [0.1, 0.15) is 11.4 Å². The van der Waals surface area contributed by atoms with E-state index in [0.29, 0.717) is 19.5 Å². The van der Waals surface area contributed by atoms with Crippen molar-refractivity contribution in [1.29, 1.82) is 0 Å². The number of rotatable bonds is 5. The van der Waals surface area contributed by atoms with Gasteiger partial charge < -0.3 is 5.32 Å². The zero-order chi connectivity index (χ0) is 20.5. The molecule has 0 amide bonds. The predicted octanol–water partition coefficient (Wildman–Crippen LogP) is 1.85. The van der Waals surface area contributed by atoms with E-state index < -0.39 is 17.0 Å². The van der Waals surface area contributed by atoms with Gasteiger partial charge in [0.2, 0.25) is 5.78 Å². The molecule has 0 saturated heterocycles. The van der Waals surface area contributed by atoms with Gasteiger partial charge in [-0.05, 0) is 18.1 Å². The van der Waals surface area contributed by atoms with Crippen LogP contribution < -0.4 is 16.6 Å². The molecule has 4 rings (SSSR count). The summed E-state index contributed by atoms with van der Waals surface area (Å²) in [7, 11) is 1.39. The van der Waals surface area contributed by atoms with Crippen LogP contribution >= 0.6 is 0 Å². The first kappa shape index (κ1) is 18.7. The molecular formula is C21H21N5O3. The molecule has 0 spiro atoms. The Morgan fingerprint density at radius 3 is 2.62 bits per heavy atom. The number of hydrogen-bond donors (Lipinski definition) is 1. The average Bonchev–Trinajstić information content (AvgIpc) is 3.29. The van der Waals surface area contributed by atoms with Crippen LogP contribution in [-0.2, 0) is 20.1 Å². The third-order valence-electron chi connectivity index (χ3n) is 4.87. The summed E-state index contributed by atoms with van der Waals surface area (Å²) in [6.07, 6.45) is 5.84. The van der Waals surface area contributed by atoms with E-state index in [1.54, 1.807) is 17.0 Å². The lowest BCUT2D eigenvalue weighted by molar-refractivity contribution is 0.104. The standard InChI is InChI=1S/C21H21N5O3/c1-3-9-26-19-17(20(28)24(2)21(26)29)18(27)16(23-19)10-15-11-22-25(13-15)12-14-7-5-4-6-8-14/h4-8,10-11,13,23H,3,9,12H2,1-2H3/b16-10-. The quantitative estimate of drug-likeness (QED) is 0.671. The molecule has 0 aliphatic carbocycles. The van der Waals surface area contributed by atoms with E-state index in [1.807, 2.05) is 43.5 Å². The molecule has 1 aliphatic heterocycles. The number of Topliss-reactive ketones (excluding diaryl/α,β-unsaturated/α-hetero) is 1. The SMILES string of the molecule is CCCn1c2c(c(=O)n(C)c1=O)C(=O)/C(=C/c1cnn(Cc3ccccc3)c1)N2. The number of carbonyl (C=O) groups excluding carboxylic acids is 1. The van der Waals surface area contributed by atoms with E-state index >= 15 is 0 Å². The minimum Gasteiger partial charge on any atom is -0.338 e. The predicted molar refractivity (Wildman–Crippen MR) is 110 cm³/mol. The Morgan fingerprint density at radius 2 is 1.90 bits per heavy atom. The number of aromatic nitrogens is 4. The number of nitrogens with zero attached hydrogens (tertiary/aromatic N) is 4. The molecule has 0 unspecified atom stereocenters. The average molecular weight is 391 g/mol. The number of ketones is 1. The molecule has 3 aromatic rings. The van der Waals surface area contributed by atoms with E-state index in [2.05, 4.69) is 10.4 Å². The van der Waals surface area contributed by atoms with Crippen LogP contribution in [0.2, 0.25) is 0 Å². The van der Waals surface area contributed by atoms with Crippen LogP contribution in [0.25, 0.3) is 6.08 Å². The molecule has 1 aromatic carbocycles. The van der Waals surface area contributed by atoms with Crippen LogP contribution in [-0.4, -0.2) is 24.7 Å². The van der Waals surface area contributed by atoms with E-state index in [9.17, 15) is 14.4 Å². The fourth-order valence-electron chi connectivity index (χ4n) is 3.43. The molecule has 0 bridgehead atoms. The lowest BCUT2D eigenvalue weighted by Gasteiger charge is -2.11. The minimum absolute atomic E-state index is 0.00322. The maximum atomic E-state index is 12.9. The van der Waals surface area contributed by atoms with Crippen molar-refractivity contribution in [2.45, 2.75) is 26.4 Å². The fourth-order valence-corrected chi connectivity index (χ4v) is 3.43. The van der Waals surface area contributed by atoms with Gasteiger partial charge in [-0.15, -0.1) is 0 Å². The van der Waals surface area contributed by atoms with Gasteiger partial charge in [-0.25, -0.2) is 4.79 Å². The highest BCUT2D eigenvalue weighted by molar-refractivity contribution is 6.19. The van der Waals surface area contributed by atoms with Crippen LogP contribution in [0, 0.1) is 0 Å². The third kappa shape index (κ3) is 3.33. The summed E-state index contributed by atoms with van der Waals surface area (Å²) in [5.41, 5.74) is 1.08. The second-order valence-corrected chi connectivity index (χ2v) is 6.99. The van der Waals surface area contributed by atoms with Gasteiger partial charge in [-0.3, -0.25) is 23.4 Å². The van der Waals surface area contributed by atoms with Gasteiger partial charge in [0.25, 0.3) is 5.56 Å². The number of hydrogen-bond acceptors (Lipinski definition) is 5. The largest absolute Gasteiger partial charge is 0.338 e. The summed E-state index contributed by atoms with van der Waals surface area (Å²) < 4.78 is 4.20. The van der Waals surface area contributed by atoms with Gasteiger partial charge in [0.15, 0.2) is 0 Å². The first-order valence-electron chi connectivity index (χ1n) is 9.43. The van der Waals surface area contributed by atoms with Gasteiger partial charge in [-0.1, -0.05) is 37.3 Å². The van der Waals surface area contributed by atoms with Crippen molar-refractivity contribution in [2.24, 2.45) is 7.05 Å². The minimum atomic E-state index is -0.585. The molecule has 148 valence electrons. The van der Waals surface area contributed by atoms with E-state index in [4.69, 9.17) is 0 Å². The highest BCUT2D eigenvalue weighted by Crippen LogP contribution is 2.25. The lowest BCUT2D eigenvalue weighted by atomic mass is 10.1. The molecule has 0 atom stereocenters. The van der Waals surface area contributed by atoms with Gasteiger partial charge in [0, 0.05) is 25.4 Å². The first-order chi connectivity index (χ1) is 14.0. The summed E-state index contributed by atoms with van der Waals surface area (Å²) in [5, 5.41) is 7.31. The lowest BCUT2D eigenvalue weighted by Crippen LogP contribution is -2.40. The van der Waals surface area contributed by atoms with Crippen molar-refractivity contribution in [1.82, 2.24) is 18.9 Å². The fraction of sp³-hybridized carbons (Fsp3) is 0.238. The Balaban J connectivity index is 1.67. The monoisotopic (exact) mass is 391 g/mol. The molecule has 0 radical (unpaired) electrons. The summed E-state index contributed by atoms with van der Waals surface area (Å²) >= 11 is 0. The van der Waals surface area contributed by atoms with Crippen molar-refractivity contribution in [3.05, 3.63) is 86.0 Å². The van der Waals surface area contributed by atoms with Crippen LogP contribution in [0.5, 0.6) is 0 Å². The third-order valence-corrected chi connectivity index (χ3v) is 4.87. The van der Waals surface area contributed by atoms with Crippen molar-refractivity contribution in [2.75, 3.05) is 5.32 Å². The zero-order valence-corrected chi connectivity index (χ0v) is 16.3. The molecule has 29 heavy (non-hydrogen) atoms. The van der Waals surface area contributed by atoms with Gasteiger partial charge in [-0.2, -0.15) is 5.10 Å². The normalized spacial score (nSPS) is 14.3. The van der Waals surface area contributed by atoms with E-state index in [1.165, 1.54) is 11.6 Å². The molecule has 1 N–H and O–H groups in total. The van der Waals surface area contributed by atoms with Crippen molar-refractivity contribution in [3.8, 4) is 0 Å². The topological polar surface area (TPSA) is 90.9 Å². The smallest absolute Gasteiger partial charge is 0.332 e. The molecule has 0 saturated carbocycles. The Bertz CT molecular complexity index is 1230. The molecular weight excluding hydrogens is 370 g/mol. The highest BCUT2D eigenvalue weighted by Gasteiger charge is 2.32. The summed E-state index contributed by atoms with van der Waals surface area (Å²) in [5.74, 6) is -0.144. The number of nitrogens with one attached hydrogen (secondary N) is 1. The molecule has 8 heteroatoms. The molecule has 3 heterocycles. The van der Waals surface area contributed by atoms with Crippen molar-refractivity contribution in [3.63, 3.8) is 0 Å². The number of fused-ring (bicyclic) bond motifs is 1. The number of benzene rings is 1. The van der Waals surface area contributed by atoms with Gasteiger partial charge in [0.05, 0.1) is 18.4 Å². The molecule has 0 fully saturated rings. The van der Waals surface area contributed by atoms with Gasteiger partial charge >= 0.3 is 5.69 Å². The van der Waals surface area contributed by atoms with Crippen molar-refractivity contribution < 1.29 is 4.79 Å². The molecule has 1 aliphatic rings. The molecule has 2 aromatic heterocycles. The summed E-state index contributed by atoms with van der Waals surface area (Å²) in [4.78, 5) is 37.8. The molecule has 8 nitrogen and oxygen atoms in total. The van der Waals surface area contributed by atoms with Crippen LogP contribution in [0.15, 0.2) is 58.0 Å². The second kappa shape index (κ2) is 7.38. The number of carbonyl (C=O) groups is 1. The van der Waals surface area contributed by atoms with Crippen LogP contribution in [0.4, 0.5) is 5.82 Å². The van der Waals surface area contributed by atoms with E-state index in [0.717, 1.165) is 15.7 Å². The van der Waals surface area contributed by atoms with E-state index in [-0.39, 0.29) is 17.1 Å². The summed E-state index contributed by atoms with van der Waals surface area (Å²) in [6.45, 7) is 2.96. The van der Waals surface area contributed by atoms with Crippen molar-refractivity contribution >= 4 is 17.7 Å². The Labute approximate surface area is 166 Å². The van der Waals surface area contributed by atoms with Crippen LogP contribution in [0.1, 0.15) is 34.8 Å². The highest BCUT2D eigenvalue weighted by atomic mass is 16.2. The maximum Gasteiger partial charge on any atom is 0.332 e. The second-order valence-electron chi connectivity index (χ2n) is 6.99.